The summed E-state index contributed by atoms with van der Waals surface area (Å²) in [4.78, 5) is 10.9. The quantitative estimate of drug-likeness (QED) is 0.877. The van der Waals surface area contributed by atoms with Crippen molar-refractivity contribution >= 4 is 17.3 Å². The summed E-state index contributed by atoms with van der Waals surface area (Å²) >= 11 is 0. The maximum atomic E-state index is 12.9. The summed E-state index contributed by atoms with van der Waals surface area (Å²) in [6.45, 7) is 3.56. The van der Waals surface area contributed by atoms with Crippen LogP contribution in [0.5, 0.6) is 0 Å². The number of hydrogen-bond donors (Lipinski definition) is 2. The highest BCUT2D eigenvalue weighted by atomic mass is 19.1. The van der Waals surface area contributed by atoms with E-state index in [4.69, 9.17) is 0 Å². The Kier molecular flexibility index (Phi) is 4.93. The second kappa shape index (κ2) is 6.88. The lowest BCUT2D eigenvalue weighted by Gasteiger charge is -2.16. The third kappa shape index (κ3) is 4.91. The Hall–Kier alpha value is -2.36. The topological polar surface area (TPSA) is 41.1 Å². The van der Waals surface area contributed by atoms with Gasteiger partial charge in [-0.05, 0) is 55.3 Å². The van der Waals surface area contributed by atoms with Gasteiger partial charge in [0.1, 0.15) is 5.82 Å². The van der Waals surface area contributed by atoms with Crippen LogP contribution in [-0.2, 0) is 11.2 Å². The van der Waals surface area contributed by atoms with Crippen molar-refractivity contribution in [2.24, 2.45) is 0 Å². The van der Waals surface area contributed by atoms with Gasteiger partial charge in [-0.1, -0.05) is 12.1 Å². The molecule has 0 saturated carbocycles. The van der Waals surface area contributed by atoms with Gasteiger partial charge in [-0.3, -0.25) is 4.79 Å². The number of nitrogens with one attached hydrogen (secondary N) is 2. The molecule has 1 amide bonds. The van der Waals surface area contributed by atoms with Gasteiger partial charge in [0.2, 0.25) is 5.91 Å². The average Bonchev–Trinajstić information content (AvgIpc) is 2.43. The van der Waals surface area contributed by atoms with Crippen LogP contribution >= 0.6 is 0 Å². The first-order chi connectivity index (χ1) is 10.0. The van der Waals surface area contributed by atoms with E-state index in [1.165, 1.54) is 19.1 Å². The van der Waals surface area contributed by atoms with Gasteiger partial charge >= 0.3 is 0 Å². The van der Waals surface area contributed by atoms with Crippen molar-refractivity contribution in [3.63, 3.8) is 0 Å². The van der Waals surface area contributed by atoms with E-state index >= 15 is 0 Å². The molecule has 1 unspecified atom stereocenters. The van der Waals surface area contributed by atoms with Crippen LogP contribution in [0.25, 0.3) is 0 Å². The highest BCUT2D eigenvalue weighted by Gasteiger charge is 2.04. The molecule has 110 valence electrons. The van der Waals surface area contributed by atoms with Gasteiger partial charge in [0, 0.05) is 24.3 Å². The SMILES string of the molecule is CC(=O)Nc1ccc(NC(C)Cc2ccc(F)cc2)cc1. The van der Waals surface area contributed by atoms with Gasteiger partial charge < -0.3 is 10.6 Å². The van der Waals surface area contributed by atoms with E-state index in [0.29, 0.717) is 0 Å². The molecule has 0 bridgehead atoms. The summed E-state index contributed by atoms with van der Waals surface area (Å²) in [7, 11) is 0. The van der Waals surface area contributed by atoms with Crippen LogP contribution in [0.15, 0.2) is 48.5 Å². The Morgan fingerprint density at radius 1 is 1.05 bits per heavy atom. The molecule has 2 aromatic carbocycles. The van der Waals surface area contributed by atoms with E-state index in [-0.39, 0.29) is 17.8 Å². The van der Waals surface area contributed by atoms with E-state index in [1.807, 2.05) is 24.3 Å². The van der Waals surface area contributed by atoms with Crippen LogP contribution in [0.4, 0.5) is 15.8 Å². The average molecular weight is 286 g/mol. The van der Waals surface area contributed by atoms with E-state index < -0.39 is 0 Å². The molecule has 3 nitrogen and oxygen atoms in total. The summed E-state index contributed by atoms with van der Waals surface area (Å²) in [6, 6.07) is 14.3. The molecule has 4 heteroatoms. The Balaban J connectivity index is 1.91. The second-order valence-corrected chi connectivity index (χ2v) is 5.13. The molecule has 2 aromatic rings. The molecule has 0 aromatic heterocycles. The minimum absolute atomic E-state index is 0.0830. The summed E-state index contributed by atoms with van der Waals surface area (Å²) in [5, 5.41) is 6.11. The zero-order valence-electron chi connectivity index (χ0n) is 12.2. The van der Waals surface area contributed by atoms with Crippen molar-refractivity contribution in [1.82, 2.24) is 0 Å². The van der Waals surface area contributed by atoms with E-state index in [2.05, 4.69) is 17.6 Å². The van der Waals surface area contributed by atoms with Crippen molar-refractivity contribution in [2.75, 3.05) is 10.6 Å². The molecular weight excluding hydrogens is 267 g/mol. The van der Waals surface area contributed by atoms with Crippen LogP contribution in [-0.4, -0.2) is 11.9 Å². The molecule has 0 spiro atoms. The Morgan fingerprint density at radius 3 is 2.19 bits per heavy atom. The summed E-state index contributed by atoms with van der Waals surface area (Å²) in [5.41, 5.74) is 2.85. The number of hydrogen-bond acceptors (Lipinski definition) is 2. The maximum Gasteiger partial charge on any atom is 0.221 e. The van der Waals surface area contributed by atoms with Crippen LogP contribution in [0.3, 0.4) is 0 Å². The maximum absolute atomic E-state index is 12.9. The number of carbonyl (C=O) groups excluding carboxylic acids is 1. The molecule has 21 heavy (non-hydrogen) atoms. The third-order valence-electron chi connectivity index (χ3n) is 3.07. The van der Waals surface area contributed by atoms with Crippen molar-refractivity contribution in [3.05, 3.63) is 59.9 Å². The fourth-order valence-corrected chi connectivity index (χ4v) is 2.16. The molecule has 2 N–H and O–H groups in total. The minimum atomic E-state index is -0.215. The molecular formula is C17H19FN2O. The molecule has 0 aliphatic heterocycles. The van der Waals surface area contributed by atoms with Gasteiger partial charge in [-0.2, -0.15) is 0 Å². The predicted octanol–water partition coefficient (Wildman–Crippen LogP) is 3.83. The number of benzene rings is 2. The van der Waals surface area contributed by atoms with Crippen molar-refractivity contribution in [1.29, 1.82) is 0 Å². The lowest BCUT2D eigenvalue weighted by molar-refractivity contribution is -0.114. The Labute approximate surface area is 124 Å². The molecule has 0 fully saturated rings. The first-order valence-electron chi connectivity index (χ1n) is 6.91. The number of anilines is 2. The normalized spacial score (nSPS) is 11.8. The number of amides is 1. The van der Waals surface area contributed by atoms with Crippen LogP contribution in [0, 0.1) is 5.82 Å². The summed E-state index contributed by atoms with van der Waals surface area (Å²) in [6.07, 6.45) is 0.813. The van der Waals surface area contributed by atoms with Crippen molar-refractivity contribution in [2.45, 2.75) is 26.3 Å². The highest BCUT2D eigenvalue weighted by molar-refractivity contribution is 5.88. The third-order valence-corrected chi connectivity index (χ3v) is 3.07. The van der Waals surface area contributed by atoms with Crippen molar-refractivity contribution in [3.8, 4) is 0 Å². The van der Waals surface area contributed by atoms with E-state index in [9.17, 15) is 9.18 Å². The first-order valence-corrected chi connectivity index (χ1v) is 6.91. The Bertz CT molecular complexity index is 593. The largest absolute Gasteiger partial charge is 0.382 e. The molecule has 0 heterocycles. The van der Waals surface area contributed by atoms with Gasteiger partial charge in [-0.25, -0.2) is 4.39 Å². The molecule has 0 aliphatic carbocycles. The second-order valence-electron chi connectivity index (χ2n) is 5.13. The number of halogens is 1. The van der Waals surface area contributed by atoms with Crippen LogP contribution in [0.2, 0.25) is 0 Å². The highest BCUT2D eigenvalue weighted by Crippen LogP contribution is 2.15. The van der Waals surface area contributed by atoms with E-state index in [1.54, 1.807) is 12.1 Å². The minimum Gasteiger partial charge on any atom is -0.382 e. The predicted molar refractivity (Wildman–Crippen MR) is 83.9 cm³/mol. The van der Waals surface area contributed by atoms with Crippen molar-refractivity contribution < 1.29 is 9.18 Å². The first kappa shape index (κ1) is 15.0. The number of carbonyl (C=O) groups is 1. The zero-order chi connectivity index (χ0) is 15.2. The monoisotopic (exact) mass is 286 g/mol. The Morgan fingerprint density at radius 2 is 1.62 bits per heavy atom. The fraction of sp³-hybridized carbons (Fsp3) is 0.235. The smallest absolute Gasteiger partial charge is 0.221 e. The molecule has 2 rings (SSSR count). The molecule has 1 atom stereocenters. The summed E-state index contributed by atoms with van der Waals surface area (Å²) < 4.78 is 12.9. The fourth-order valence-electron chi connectivity index (χ4n) is 2.16. The zero-order valence-corrected chi connectivity index (χ0v) is 12.2. The lowest BCUT2D eigenvalue weighted by Crippen LogP contribution is -2.18. The van der Waals surface area contributed by atoms with Gasteiger partial charge in [-0.15, -0.1) is 0 Å². The van der Waals surface area contributed by atoms with Crippen LogP contribution < -0.4 is 10.6 Å². The standard InChI is InChI=1S/C17H19FN2O/c1-12(11-14-3-5-15(18)6-4-14)19-16-7-9-17(10-8-16)20-13(2)21/h3-10,12,19H,11H2,1-2H3,(H,20,21). The lowest BCUT2D eigenvalue weighted by atomic mass is 10.1. The summed E-state index contributed by atoms with van der Waals surface area (Å²) in [5.74, 6) is -0.298. The molecule has 0 aliphatic rings. The number of rotatable bonds is 5. The van der Waals surface area contributed by atoms with Gasteiger partial charge in [0.05, 0.1) is 0 Å². The molecule has 0 saturated heterocycles. The molecule has 0 radical (unpaired) electrons. The van der Waals surface area contributed by atoms with Crippen LogP contribution in [0.1, 0.15) is 19.4 Å². The van der Waals surface area contributed by atoms with Gasteiger partial charge in [0.15, 0.2) is 0 Å². The van der Waals surface area contributed by atoms with E-state index in [0.717, 1.165) is 23.4 Å². The van der Waals surface area contributed by atoms with Gasteiger partial charge in [0.25, 0.3) is 0 Å².